The first-order chi connectivity index (χ1) is 17.2. The maximum atomic E-state index is 13.0. The highest BCUT2D eigenvalue weighted by molar-refractivity contribution is 7.91. The molecule has 0 saturated carbocycles. The standard InChI is InChI=1S/C26H27Cl3N2O4S/c1-18-6-8-20(9-7-18)36(33,34)24-11-10-23(25(28)26(24)29)35-17-19(32)16-30-12-14-31(15-13-30)22-5-3-2-4-21(22)27/h2-11,19,32H,12-17H2,1H3. The van der Waals surface area contributed by atoms with E-state index >= 15 is 0 Å². The fraction of sp³-hybridized carbons (Fsp3) is 0.308. The zero-order chi connectivity index (χ0) is 25.9. The molecule has 0 aliphatic carbocycles. The molecule has 0 aromatic heterocycles. The molecule has 1 heterocycles. The first-order valence-corrected chi connectivity index (χ1v) is 14.1. The molecular formula is C26H27Cl3N2O4S. The summed E-state index contributed by atoms with van der Waals surface area (Å²) in [5.41, 5.74) is 1.96. The number of rotatable bonds is 8. The third-order valence-electron chi connectivity index (χ3n) is 6.10. The maximum Gasteiger partial charge on any atom is 0.208 e. The molecule has 1 fully saturated rings. The van der Waals surface area contributed by atoms with Gasteiger partial charge < -0.3 is 14.7 Å². The Morgan fingerprint density at radius 1 is 0.917 bits per heavy atom. The SMILES string of the molecule is Cc1ccc(S(=O)(=O)c2ccc(OCC(O)CN3CCN(c4ccccc4Cl)CC3)c(Cl)c2Cl)cc1. The molecule has 1 atom stereocenters. The first kappa shape index (κ1) is 27.0. The van der Waals surface area contributed by atoms with Crippen molar-refractivity contribution in [2.24, 2.45) is 0 Å². The quantitative estimate of drug-likeness (QED) is 0.394. The molecule has 36 heavy (non-hydrogen) atoms. The lowest BCUT2D eigenvalue weighted by atomic mass is 10.2. The van der Waals surface area contributed by atoms with Crippen LogP contribution in [0, 0.1) is 6.92 Å². The molecule has 10 heteroatoms. The van der Waals surface area contributed by atoms with Gasteiger partial charge in [0.05, 0.1) is 25.5 Å². The van der Waals surface area contributed by atoms with Gasteiger partial charge in [-0.1, -0.05) is 64.6 Å². The molecule has 0 spiro atoms. The molecule has 3 aromatic carbocycles. The molecule has 1 aliphatic heterocycles. The van der Waals surface area contributed by atoms with Crippen molar-refractivity contribution >= 4 is 50.3 Å². The van der Waals surface area contributed by atoms with Crippen molar-refractivity contribution in [2.75, 3.05) is 44.2 Å². The second kappa shape index (κ2) is 11.6. The molecule has 1 unspecified atom stereocenters. The number of para-hydroxylation sites is 1. The van der Waals surface area contributed by atoms with Crippen LogP contribution in [0.15, 0.2) is 70.5 Å². The van der Waals surface area contributed by atoms with E-state index < -0.39 is 15.9 Å². The molecule has 4 rings (SSSR count). The minimum Gasteiger partial charge on any atom is -0.489 e. The van der Waals surface area contributed by atoms with Crippen LogP contribution in [0.5, 0.6) is 5.75 Å². The van der Waals surface area contributed by atoms with Crippen molar-refractivity contribution in [1.29, 1.82) is 0 Å². The van der Waals surface area contributed by atoms with Crippen LogP contribution in [0.2, 0.25) is 15.1 Å². The summed E-state index contributed by atoms with van der Waals surface area (Å²) >= 11 is 19.0. The topological polar surface area (TPSA) is 70.1 Å². The highest BCUT2D eigenvalue weighted by Crippen LogP contribution is 2.39. The number of hydrogen-bond donors (Lipinski definition) is 1. The number of anilines is 1. The Balaban J connectivity index is 1.33. The number of aryl methyl sites for hydroxylation is 1. The summed E-state index contributed by atoms with van der Waals surface area (Å²) in [6.45, 7) is 5.46. The fourth-order valence-electron chi connectivity index (χ4n) is 4.09. The van der Waals surface area contributed by atoms with Gasteiger partial charge in [-0.25, -0.2) is 8.42 Å². The van der Waals surface area contributed by atoms with Crippen LogP contribution in [0.3, 0.4) is 0 Å². The van der Waals surface area contributed by atoms with Gasteiger partial charge in [-0.05, 0) is 43.3 Å². The molecule has 0 amide bonds. The van der Waals surface area contributed by atoms with Crippen molar-refractivity contribution < 1.29 is 18.3 Å². The molecule has 3 aromatic rings. The van der Waals surface area contributed by atoms with Crippen molar-refractivity contribution in [3.8, 4) is 5.75 Å². The van der Waals surface area contributed by atoms with E-state index in [2.05, 4.69) is 9.80 Å². The summed E-state index contributed by atoms with van der Waals surface area (Å²) < 4.78 is 31.7. The minimum atomic E-state index is -3.84. The summed E-state index contributed by atoms with van der Waals surface area (Å²) in [5, 5.41) is 11.1. The van der Waals surface area contributed by atoms with Crippen LogP contribution < -0.4 is 9.64 Å². The summed E-state index contributed by atoms with van der Waals surface area (Å²) in [6, 6.07) is 17.1. The van der Waals surface area contributed by atoms with Crippen LogP contribution in [-0.2, 0) is 9.84 Å². The lowest BCUT2D eigenvalue weighted by Crippen LogP contribution is -2.49. The molecule has 0 bridgehead atoms. The lowest BCUT2D eigenvalue weighted by Gasteiger charge is -2.37. The number of sulfone groups is 1. The van der Waals surface area contributed by atoms with Crippen LogP contribution in [0.25, 0.3) is 0 Å². The van der Waals surface area contributed by atoms with Crippen LogP contribution in [0.4, 0.5) is 5.69 Å². The molecule has 6 nitrogen and oxygen atoms in total. The molecule has 0 radical (unpaired) electrons. The van der Waals surface area contributed by atoms with Gasteiger partial charge in [-0.3, -0.25) is 4.90 Å². The van der Waals surface area contributed by atoms with Gasteiger partial charge in [-0.2, -0.15) is 0 Å². The van der Waals surface area contributed by atoms with E-state index in [0.29, 0.717) is 6.54 Å². The number of aliphatic hydroxyl groups is 1. The normalized spacial score (nSPS) is 15.6. The third kappa shape index (κ3) is 6.10. The third-order valence-corrected chi connectivity index (χ3v) is 9.21. The number of halogens is 3. The van der Waals surface area contributed by atoms with Crippen molar-refractivity contribution in [3.63, 3.8) is 0 Å². The van der Waals surface area contributed by atoms with Gasteiger partial charge >= 0.3 is 0 Å². The van der Waals surface area contributed by atoms with Gasteiger partial charge in [0, 0.05) is 32.7 Å². The summed E-state index contributed by atoms with van der Waals surface area (Å²) in [6.07, 6.45) is -0.761. The van der Waals surface area contributed by atoms with Crippen molar-refractivity contribution in [1.82, 2.24) is 4.90 Å². The average Bonchev–Trinajstić information content (AvgIpc) is 2.86. The monoisotopic (exact) mass is 568 g/mol. The number of piperazine rings is 1. The minimum absolute atomic E-state index is 0.00888. The predicted octanol–water partition coefficient (Wildman–Crippen LogP) is 5.35. The van der Waals surface area contributed by atoms with Crippen molar-refractivity contribution in [2.45, 2.75) is 22.8 Å². The van der Waals surface area contributed by atoms with E-state index in [9.17, 15) is 13.5 Å². The number of aliphatic hydroxyl groups excluding tert-OH is 1. The Morgan fingerprint density at radius 2 is 1.58 bits per heavy atom. The largest absolute Gasteiger partial charge is 0.489 e. The maximum absolute atomic E-state index is 13.0. The molecule has 1 saturated heterocycles. The van der Waals surface area contributed by atoms with E-state index in [-0.39, 0.29) is 32.2 Å². The second-order valence-electron chi connectivity index (χ2n) is 8.71. The van der Waals surface area contributed by atoms with Gasteiger partial charge in [0.25, 0.3) is 0 Å². The molecule has 1 N–H and O–H groups in total. The van der Waals surface area contributed by atoms with Crippen LogP contribution >= 0.6 is 34.8 Å². The average molecular weight is 570 g/mol. The van der Waals surface area contributed by atoms with Crippen LogP contribution in [0.1, 0.15) is 5.56 Å². The summed E-state index contributed by atoms with van der Waals surface area (Å²) in [4.78, 5) is 4.43. The molecule has 192 valence electrons. The van der Waals surface area contributed by atoms with Gasteiger partial charge in [0.1, 0.15) is 23.5 Å². The highest BCUT2D eigenvalue weighted by atomic mass is 35.5. The van der Waals surface area contributed by atoms with Gasteiger partial charge in [-0.15, -0.1) is 0 Å². The second-order valence-corrected chi connectivity index (χ2v) is 11.8. The predicted molar refractivity (Wildman–Crippen MR) is 145 cm³/mol. The number of hydrogen-bond acceptors (Lipinski definition) is 6. The van der Waals surface area contributed by atoms with E-state index in [0.717, 1.165) is 42.5 Å². The number of ether oxygens (including phenoxy) is 1. The Morgan fingerprint density at radius 3 is 2.25 bits per heavy atom. The smallest absolute Gasteiger partial charge is 0.208 e. The lowest BCUT2D eigenvalue weighted by molar-refractivity contribution is 0.0663. The Kier molecular flexibility index (Phi) is 8.71. The van der Waals surface area contributed by atoms with Crippen molar-refractivity contribution in [3.05, 3.63) is 81.3 Å². The highest BCUT2D eigenvalue weighted by Gasteiger charge is 2.25. The van der Waals surface area contributed by atoms with Gasteiger partial charge in [0.15, 0.2) is 0 Å². The van der Waals surface area contributed by atoms with Crippen LogP contribution in [-0.4, -0.2) is 63.9 Å². The van der Waals surface area contributed by atoms with E-state index in [1.165, 1.54) is 24.3 Å². The zero-order valence-electron chi connectivity index (χ0n) is 19.7. The van der Waals surface area contributed by atoms with Gasteiger partial charge in [0.2, 0.25) is 9.84 Å². The first-order valence-electron chi connectivity index (χ1n) is 11.5. The molecular weight excluding hydrogens is 543 g/mol. The zero-order valence-corrected chi connectivity index (χ0v) is 22.8. The molecule has 1 aliphatic rings. The summed E-state index contributed by atoms with van der Waals surface area (Å²) in [5.74, 6) is 0.215. The number of nitrogens with zero attached hydrogens (tertiary/aromatic N) is 2. The summed E-state index contributed by atoms with van der Waals surface area (Å²) in [7, 11) is -3.84. The van der Waals surface area contributed by atoms with E-state index in [4.69, 9.17) is 39.5 Å². The number of β-amino-alcohol motifs (C(OH)–C–C–N with tert-alkyl or cyclic N) is 1. The fourth-order valence-corrected chi connectivity index (χ4v) is 6.42. The Bertz CT molecular complexity index is 1310. The van der Waals surface area contributed by atoms with E-state index in [1.807, 2.05) is 31.2 Å². The Hall–Kier alpha value is -2.00. The number of benzene rings is 3. The van der Waals surface area contributed by atoms with E-state index in [1.54, 1.807) is 12.1 Å². The Labute approximate surface area is 226 Å².